The van der Waals surface area contributed by atoms with Crippen LogP contribution in [0.4, 0.5) is 0 Å². The molecule has 17 heavy (non-hydrogen) atoms. The highest BCUT2D eigenvalue weighted by atomic mass is 16.5. The first-order valence-corrected chi connectivity index (χ1v) is 6.24. The van der Waals surface area contributed by atoms with E-state index in [2.05, 4.69) is 33.8 Å². The molecule has 96 valence electrons. The molecule has 0 bridgehead atoms. The van der Waals surface area contributed by atoms with E-state index in [4.69, 9.17) is 10.5 Å². The summed E-state index contributed by atoms with van der Waals surface area (Å²) in [6, 6.07) is 8.05. The number of ether oxygens (including phenoxy) is 1. The standard InChI is InChI=1S/C15H25NO/c1-11(15(2,3)4)10-13(16)12-8-6-7-9-14(12)17-5/h6-9,11,13H,10,16H2,1-5H3. The Balaban J connectivity index is 2.79. The van der Waals surface area contributed by atoms with Crippen molar-refractivity contribution in [3.05, 3.63) is 29.8 Å². The van der Waals surface area contributed by atoms with Crippen LogP contribution in [0.5, 0.6) is 5.75 Å². The molecule has 2 atom stereocenters. The number of hydrogen-bond acceptors (Lipinski definition) is 2. The van der Waals surface area contributed by atoms with E-state index in [0.29, 0.717) is 11.3 Å². The minimum atomic E-state index is 0.0420. The predicted octanol–water partition coefficient (Wildman–Crippen LogP) is 3.77. The van der Waals surface area contributed by atoms with Crippen molar-refractivity contribution in [3.8, 4) is 5.75 Å². The van der Waals surface area contributed by atoms with Gasteiger partial charge in [-0.1, -0.05) is 45.9 Å². The minimum absolute atomic E-state index is 0.0420. The van der Waals surface area contributed by atoms with Gasteiger partial charge in [-0.25, -0.2) is 0 Å². The van der Waals surface area contributed by atoms with Gasteiger partial charge in [0.1, 0.15) is 5.75 Å². The molecule has 2 nitrogen and oxygen atoms in total. The third kappa shape index (κ3) is 3.74. The second kappa shape index (κ2) is 5.54. The number of rotatable bonds is 4. The lowest BCUT2D eigenvalue weighted by atomic mass is 9.77. The lowest BCUT2D eigenvalue weighted by molar-refractivity contribution is 0.232. The largest absolute Gasteiger partial charge is 0.496 e. The molecule has 1 aromatic rings. The molecule has 0 spiro atoms. The first-order chi connectivity index (χ1) is 7.86. The molecule has 0 saturated heterocycles. The molecule has 0 heterocycles. The van der Waals surface area contributed by atoms with E-state index in [1.165, 1.54) is 0 Å². The van der Waals surface area contributed by atoms with Crippen molar-refractivity contribution in [3.63, 3.8) is 0 Å². The van der Waals surface area contributed by atoms with Gasteiger partial charge < -0.3 is 10.5 Å². The molecule has 0 aliphatic heterocycles. The van der Waals surface area contributed by atoms with E-state index < -0.39 is 0 Å². The first-order valence-electron chi connectivity index (χ1n) is 6.24. The summed E-state index contributed by atoms with van der Waals surface area (Å²) < 4.78 is 5.35. The van der Waals surface area contributed by atoms with Crippen LogP contribution in [0.15, 0.2) is 24.3 Å². The van der Waals surface area contributed by atoms with Crippen molar-refractivity contribution >= 4 is 0 Å². The van der Waals surface area contributed by atoms with Gasteiger partial charge in [0.05, 0.1) is 7.11 Å². The fourth-order valence-electron chi connectivity index (χ4n) is 1.83. The van der Waals surface area contributed by atoms with Crippen LogP contribution < -0.4 is 10.5 Å². The molecule has 2 heteroatoms. The van der Waals surface area contributed by atoms with Crippen LogP contribution in [-0.2, 0) is 0 Å². The van der Waals surface area contributed by atoms with Crippen LogP contribution in [0.2, 0.25) is 0 Å². The first kappa shape index (κ1) is 14.0. The molecular formula is C15H25NO. The van der Waals surface area contributed by atoms with Crippen LogP contribution in [0.3, 0.4) is 0 Å². The average Bonchev–Trinajstić information content (AvgIpc) is 2.27. The molecule has 0 aromatic heterocycles. The van der Waals surface area contributed by atoms with Gasteiger partial charge in [0.2, 0.25) is 0 Å². The summed E-state index contributed by atoms with van der Waals surface area (Å²) in [5, 5.41) is 0. The van der Waals surface area contributed by atoms with Gasteiger partial charge in [-0.05, 0) is 23.8 Å². The lowest BCUT2D eigenvalue weighted by Gasteiger charge is -2.30. The van der Waals surface area contributed by atoms with Crippen LogP contribution in [-0.4, -0.2) is 7.11 Å². The summed E-state index contributed by atoms with van der Waals surface area (Å²) in [5.74, 6) is 1.46. The molecule has 1 rings (SSSR count). The highest BCUT2D eigenvalue weighted by Crippen LogP contribution is 2.34. The summed E-state index contributed by atoms with van der Waals surface area (Å²) in [6.45, 7) is 9.03. The maximum Gasteiger partial charge on any atom is 0.123 e. The van der Waals surface area contributed by atoms with Crippen LogP contribution in [0.1, 0.15) is 45.7 Å². The summed E-state index contributed by atoms with van der Waals surface area (Å²) in [6.07, 6.45) is 0.976. The molecule has 2 N–H and O–H groups in total. The summed E-state index contributed by atoms with van der Waals surface area (Å²) in [4.78, 5) is 0. The maximum absolute atomic E-state index is 6.29. The lowest BCUT2D eigenvalue weighted by Crippen LogP contribution is -2.23. The van der Waals surface area contributed by atoms with Gasteiger partial charge in [0, 0.05) is 11.6 Å². The molecule has 2 unspecified atom stereocenters. The summed E-state index contributed by atoms with van der Waals surface area (Å²) in [5.41, 5.74) is 7.68. The Kier molecular flexibility index (Phi) is 4.58. The SMILES string of the molecule is COc1ccccc1C(N)CC(C)C(C)(C)C. The molecule has 0 amide bonds. The van der Waals surface area contributed by atoms with Gasteiger partial charge in [-0.3, -0.25) is 0 Å². The Morgan fingerprint density at radius 3 is 2.35 bits per heavy atom. The highest BCUT2D eigenvalue weighted by molar-refractivity contribution is 5.35. The Bertz CT molecular complexity index is 354. The van der Waals surface area contributed by atoms with Crippen LogP contribution in [0, 0.1) is 11.3 Å². The van der Waals surface area contributed by atoms with E-state index in [1.807, 2.05) is 18.2 Å². The van der Waals surface area contributed by atoms with Crippen molar-refractivity contribution in [2.24, 2.45) is 17.1 Å². The molecule has 0 radical (unpaired) electrons. The third-order valence-electron chi connectivity index (χ3n) is 3.62. The van der Waals surface area contributed by atoms with Crippen molar-refractivity contribution < 1.29 is 4.74 Å². The predicted molar refractivity (Wildman–Crippen MR) is 73.2 cm³/mol. The number of benzene rings is 1. The van der Waals surface area contributed by atoms with Crippen LogP contribution in [0.25, 0.3) is 0 Å². The number of para-hydroxylation sites is 1. The second-order valence-electron chi connectivity index (χ2n) is 5.85. The number of methoxy groups -OCH3 is 1. The van der Waals surface area contributed by atoms with E-state index in [1.54, 1.807) is 7.11 Å². The zero-order valence-electron chi connectivity index (χ0n) is 11.7. The topological polar surface area (TPSA) is 35.2 Å². The van der Waals surface area contributed by atoms with Gasteiger partial charge >= 0.3 is 0 Å². The van der Waals surface area contributed by atoms with Crippen molar-refractivity contribution in [2.45, 2.75) is 40.2 Å². The van der Waals surface area contributed by atoms with Gasteiger partial charge in [-0.2, -0.15) is 0 Å². The van der Waals surface area contributed by atoms with Crippen molar-refractivity contribution in [2.75, 3.05) is 7.11 Å². The van der Waals surface area contributed by atoms with Crippen molar-refractivity contribution in [1.29, 1.82) is 0 Å². The monoisotopic (exact) mass is 235 g/mol. The maximum atomic E-state index is 6.29. The van der Waals surface area contributed by atoms with Crippen molar-refractivity contribution in [1.82, 2.24) is 0 Å². The fraction of sp³-hybridized carbons (Fsp3) is 0.600. The Hall–Kier alpha value is -1.02. The molecule has 0 aliphatic rings. The average molecular weight is 235 g/mol. The van der Waals surface area contributed by atoms with E-state index in [-0.39, 0.29) is 6.04 Å². The Morgan fingerprint density at radius 1 is 1.24 bits per heavy atom. The zero-order valence-corrected chi connectivity index (χ0v) is 11.7. The number of hydrogen-bond donors (Lipinski definition) is 1. The summed E-state index contributed by atoms with van der Waals surface area (Å²) in [7, 11) is 1.69. The normalized spacial score (nSPS) is 15.4. The molecule has 0 fully saturated rings. The van der Waals surface area contributed by atoms with Gasteiger partial charge in [-0.15, -0.1) is 0 Å². The quantitative estimate of drug-likeness (QED) is 0.862. The van der Waals surface area contributed by atoms with Crippen LogP contribution >= 0.6 is 0 Å². The van der Waals surface area contributed by atoms with Gasteiger partial charge in [0.25, 0.3) is 0 Å². The second-order valence-corrected chi connectivity index (χ2v) is 5.85. The van der Waals surface area contributed by atoms with E-state index in [0.717, 1.165) is 17.7 Å². The van der Waals surface area contributed by atoms with Gasteiger partial charge in [0.15, 0.2) is 0 Å². The van der Waals surface area contributed by atoms with E-state index >= 15 is 0 Å². The molecule has 0 aliphatic carbocycles. The molecular weight excluding hydrogens is 210 g/mol. The molecule has 1 aromatic carbocycles. The molecule has 0 saturated carbocycles. The third-order valence-corrected chi connectivity index (χ3v) is 3.62. The summed E-state index contributed by atoms with van der Waals surface area (Å²) >= 11 is 0. The zero-order chi connectivity index (χ0) is 13.1. The number of nitrogens with two attached hydrogens (primary N) is 1. The highest BCUT2D eigenvalue weighted by Gasteiger charge is 2.23. The minimum Gasteiger partial charge on any atom is -0.496 e. The smallest absolute Gasteiger partial charge is 0.123 e. The Labute approximate surface area is 105 Å². The van der Waals surface area contributed by atoms with E-state index in [9.17, 15) is 0 Å². The fourth-order valence-corrected chi connectivity index (χ4v) is 1.83. The Morgan fingerprint density at radius 2 is 1.82 bits per heavy atom.